The van der Waals surface area contributed by atoms with E-state index in [1.165, 1.54) is 11.3 Å². The highest BCUT2D eigenvalue weighted by Gasteiger charge is 2.13. The Morgan fingerprint density at radius 3 is 2.62 bits per heavy atom. The standard InChI is InChI=1S/C27H21N3O2S2/c1-18-8-7-11-20(14-18)26(32)29-22-12-5-6-13-24(22)33-16-21-15-25(31)30-23(17-34-27(30)28-21)19-9-3-2-4-10-19/h2-15,17H,16H2,1H3,(H,29,32). The van der Waals surface area contributed by atoms with Gasteiger partial charge in [-0.3, -0.25) is 14.0 Å². The van der Waals surface area contributed by atoms with Crippen LogP contribution in [0, 0.1) is 6.92 Å². The van der Waals surface area contributed by atoms with E-state index in [9.17, 15) is 9.59 Å². The van der Waals surface area contributed by atoms with Gasteiger partial charge in [0, 0.05) is 27.7 Å². The molecule has 168 valence electrons. The highest BCUT2D eigenvalue weighted by Crippen LogP contribution is 2.30. The van der Waals surface area contributed by atoms with Crippen molar-refractivity contribution in [2.24, 2.45) is 0 Å². The minimum atomic E-state index is -0.151. The number of amides is 1. The maximum atomic E-state index is 12.9. The number of hydrogen-bond donors (Lipinski definition) is 1. The van der Waals surface area contributed by atoms with Crippen molar-refractivity contribution in [2.75, 3.05) is 5.32 Å². The Balaban J connectivity index is 1.36. The number of nitrogens with one attached hydrogen (secondary N) is 1. The number of para-hydroxylation sites is 1. The molecule has 5 aromatic rings. The van der Waals surface area contributed by atoms with Crippen molar-refractivity contribution >= 4 is 39.7 Å². The van der Waals surface area contributed by atoms with Crippen LogP contribution in [-0.2, 0) is 5.75 Å². The SMILES string of the molecule is Cc1cccc(C(=O)Nc2ccccc2SCc2cc(=O)n3c(-c4ccccc4)csc3n2)c1. The van der Waals surface area contributed by atoms with E-state index in [1.54, 1.807) is 28.3 Å². The Morgan fingerprint density at radius 1 is 1.00 bits per heavy atom. The average molecular weight is 484 g/mol. The molecule has 0 aliphatic rings. The summed E-state index contributed by atoms with van der Waals surface area (Å²) in [5.41, 5.74) is 4.83. The highest BCUT2D eigenvalue weighted by atomic mass is 32.2. The van der Waals surface area contributed by atoms with Gasteiger partial charge in [-0.2, -0.15) is 0 Å². The fourth-order valence-electron chi connectivity index (χ4n) is 3.68. The number of thioether (sulfide) groups is 1. The molecule has 0 fully saturated rings. The molecule has 34 heavy (non-hydrogen) atoms. The van der Waals surface area contributed by atoms with Gasteiger partial charge in [-0.05, 0) is 36.8 Å². The first-order chi connectivity index (χ1) is 16.6. The average Bonchev–Trinajstić information content (AvgIpc) is 3.29. The summed E-state index contributed by atoms with van der Waals surface area (Å²) in [6.45, 7) is 1.96. The topological polar surface area (TPSA) is 63.5 Å². The first-order valence-electron chi connectivity index (χ1n) is 10.7. The van der Waals surface area contributed by atoms with Crippen LogP contribution in [0.3, 0.4) is 0 Å². The number of aromatic nitrogens is 2. The molecule has 0 bridgehead atoms. The molecule has 5 nitrogen and oxygen atoms in total. The van der Waals surface area contributed by atoms with Crippen LogP contribution in [0.5, 0.6) is 0 Å². The van der Waals surface area contributed by atoms with Gasteiger partial charge < -0.3 is 5.32 Å². The van der Waals surface area contributed by atoms with Crippen molar-refractivity contribution < 1.29 is 4.79 Å². The molecule has 7 heteroatoms. The Kier molecular flexibility index (Phi) is 6.29. The van der Waals surface area contributed by atoms with Crippen LogP contribution in [0.15, 0.2) is 100.0 Å². The van der Waals surface area contributed by atoms with Crippen molar-refractivity contribution in [2.45, 2.75) is 17.6 Å². The van der Waals surface area contributed by atoms with E-state index < -0.39 is 0 Å². The van der Waals surface area contributed by atoms with Crippen LogP contribution in [0.2, 0.25) is 0 Å². The molecule has 0 aliphatic carbocycles. The zero-order valence-electron chi connectivity index (χ0n) is 18.4. The largest absolute Gasteiger partial charge is 0.321 e. The van der Waals surface area contributed by atoms with Crippen LogP contribution in [-0.4, -0.2) is 15.3 Å². The van der Waals surface area contributed by atoms with Gasteiger partial charge in [0.1, 0.15) is 0 Å². The second-order valence-corrected chi connectivity index (χ2v) is 9.65. The van der Waals surface area contributed by atoms with Crippen LogP contribution in [0.25, 0.3) is 16.2 Å². The minimum absolute atomic E-state index is 0.0956. The van der Waals surface area contributed by atoms with E-state index in [-0.39, 0.29) is 11.5 Å². The van der Waals surface area contributed by atoms with Crippen LogP contribution in [0.4, 0.5) is 5.69 Å². The van der Waals surface area contributed by atoms with Crippen LogP contribution in [0.1, 0.15) is 21.6 Å². The monoisotopic (exact) mass is 483 g/mol. The minimum Gasteiger partial charge on any atom is -0.321 e. The molecule has 3 aromatic carbocycles. The van der Waals surface area contributed by atoms with Gasteiger partial charge in [0.05, 0.1) is 17.1 Å². The van der Waals surface area contributed by atoms with E-state index in [1.807, 2.05) is 85.1 Å². The molecular formula is C27H21N3O2S2. The number of nitrogens with zero attached hydrogens (tertiary/aromatic N) is 2. The summed E-state index contributed by atoms with van der Waals surface area (Å²) in [6.07, 6.45) is 0. The predicted octanol–water partition coefficient (Wildman–Crippen LogP) is 6.28. The maximum absolute atomic E-state index is 12.9. The molecule has 0 aliphatic heterocycles. The van der Waals surface area contributed by atoms with Crippen molar-refractivity contribution in [3.63, 3.8) is 0 Å². The molecule has 0 saturated heterocycles. The summed E-state index contributed by atoms with van der Waals surface area (Å²) in [6, 6.07) is 26.6. The van der Waals surface area contributed by atoms with E-state index in [4.69, 9.17) is 4.98 Å². The fraction of sp³-hybridized carbons (Fsp3) is 0.0741. The third-order valence-corrected chi connectivity index (χ3v) is 7.25. The molecule has 5 rings (SSSR count). The number of thiazole rings is 1. The Morgan fingerprint density at radius 2 is 1.79 bits per heavy atom. The lowest BCUT2D eigenvalue weighted by Gasteiger charge is -2.11. The third-order valence-electron chi connectivity index (χ3n) is 5.32. The van der Waals surface area contributed by atoms with Crippen LogP contribution >= 0.6 is 23.1 Å². The lowest BCUT2D eigenvalue weighted by Crippen LogP contribution is -2.14. The zero-order valence-corrected chi connectivity index (χ0v) is 20.0. The van der Waals surface area contributed by atoms with Crippen molar-refractivity contribution in [3.05, 3.63) is 117 Å². The summed E-state index contributed by atoms with van der Waals surface area (Å²) in [5.74, 6) is 0.364. The Labute approximate surface area is 205 Å². The molecule has 1 N–H and O–H groups in total. The predicted molar refractivity (Wildman–Crippen MR) is 140 cm³/mol. The van der Waals surface area contributed by atoms with Gasteiger partial charge in [0.25, 0.3) is 11.5 Å². The summed E-state index contributed by atoms with van der Waals surface area (Å²) in [5, 5.41) is 4.97. The number of carbonyl (C=O) groups excluding carboxylic acids is 1. The normalized spacial score (nSPS) is 11.0. The van der Waals surface area contributed by atoms with Gasteiger partial charge in [-0.1, -0.05) is 60.2 Å². The van der Waals surface area contributed by atoms with Gasteiger partial charge in [0.15, 0.2) is 4.96 Å². The lowest BCUT2D eigenvalue weighted by molar-refractivity contribution is 0.102. The highest BCUT2D eigenvalue weighted by molar-refractivity contribution is 7.98. The summed E-state index contributed by atoms with van der Waals surface area (Å²) < 4.78 is 1.66. The second kappa shape index (κ2) is 9.67. The van der Waals surface area contributed by atoms with Gasteiger partial charge in [-0.15, -0.1) is 23.1 Å². The number of rotatable bonds is 6. The number of aryl methyl sites for hydroxylation is 1. The lowest BCUT2D eigenvalue weighted by atomic mass is 10.1. The second-order valence-electron chi connectivity index (χ2n) is 7.80. The molecule has 0 atom stereocenters. The smallest absolute Gasteiger partial charge is 0.259 e. The van der Waals surface area contributed by atoms with E-state index in [0.717, 1.165) is 27.4 Å². The van der Waals surface area contributed by atoms with Gasteiger partial charge in [-0.25, -0.2) is 4.98 Å². The number of hydrogen-bond acceptors (Lipinski definition) is 5. The molecular weight excluding hydrogens is 462 g/mol. The van der Waals surface area contributed by atoms with Crippen LogP contribution < -0.4 is 10.9 Å². The molecule has 0 saturated carbocycles. The maximum Gasteiger partial charge on any atom is 0.259 e. The first kappa shape index (κ1) is 22.1. The molecule has 2 aromatic heterocycles. The number of benzene rings is 3. The molecule has 2 heterocycles. The fourth-order valence-corrected chi connectivity index (χ4v) is 5.50. The van der Waals surface area contributed by atoms with E-state index in [2.05, 4.69) is 5.32 Å². The number of carbonyl (C=O) groups is 1. The molecule has 1 amide bonds. The zero-order chi connectivity index (χ0) is 23.5. The quantitative estimate of drug-likeness (QED) is 0.289. The van der Waals surface area contributed by atoms with Gasteiger partial charge in [0.2, 0.25) is 0 Å². The Hall–Kier alpha value is -3.68. The van der Waals surface area contributed by atoms with Crippen molar-refractivity contribution in [1.82, 2.24) is 9.38 Å². The summed E-state index contributed by atoms with van der Waals surface area (Å²) >= 11 is 2.99. The Bertz CT molecular complexity index is 1540. The summed E-state index contributed by atoms with van der Waals surface area (Å²) in [4.78, 5) is 32.0. The van der Waals surface area contributed by atoms with Gasteiger partial charge >= 0.3 is 0 Å². The van der Waals surface area contributed by atoms with Crippen molar-refractivity contribution in [1.29, 1.82) is 0 Å². The molecule has 0 spiro atoms. The number of fused-ring (bicyclic) bond motifs is 1. The van der Waals surface area contributed by atoms with E-state index in [0.29, 0.717) is 22.0 Å². The number of anilines is 1. The first-order valence-corrected chi connectivity index (χ1v) is 12.6. The molecule has 0 unspecified atom stereocenters. The third kappa shape index (κ3) is 4.66. The summed E-state index contributed by atoms with van der Waals surface area (Å²) in [7, 11) is 0. The molecule has 0 radical (unpaired) electrons. The van der Waals surface area contributed by atoms with Crippen molar-refractivity contribution in [3.8, 4) is 11.3 Å². The van der Waals surface area contributed by atoms with E-state index >= 15 is 0 Å².